The highest BCUT2D eigenvalue weighted by Gasteiger charge is 2.22. The monoisotopic (exact) mass is 381 g/mol. The molecule has 0 radical (unpaired) electrons. The first-order chi connectivity index (χ1) is 13.7. The molecule has 0 aliphatic carbocycles. The minimum Gasteiger partial charge on any atom is -0.383 e. The van der Waals surface area contributed by atoms with Crippen molar-refractivity contribution in [1.82, 2.24) is 14.8 Å². The van der Waals surface area contributed by atoms with Crippen molar-refractivity contribution in [1.29, 1.82) is 0 Å². The zero-order chi connectivity index (χ0) is 19.5. The highest BCUT2D eigenvalue weighted by Crippen LogP contribution is 2.29. The summed E-state index contributed by atoms with van der Waals surface area (Å²) in [4.78, 5) is 14.6. The van der Waals surface area contributed by atoms with Crippen molar-refractivity contribution in [3.05, 3.63) is 71.2 Å². The van der Waals surface area contributed by atoms with Crippen molar-refractivity contribution < 1.29 is 13.9 Å². The maximum atomic E-state index is 13.0. The molecular formula is C22H24FN3O2. The van der Waals surface area contributed by atoms with Gasteiger partial charge in [0.25, 0.3) is 0 Å². The van der Waals surface area contributed by atoms with Gasteiger partial charge in [0.1, 0.15) is 5.82 Å². The third kappa shape index (κ3) is 3.73. The molecule has 0 spiro atoms. The Morgan fingerprint density at radius 2 is 2.00 bits per heavy atom. The fourth-order valence-corrected chi connectivity index (χ4v) is 3.82. The number of amides is 2. The Bertz CT molecular complexity index is 981. The SMILES string of the molecule is COCCn1cc2c3c(cccc31)CN(C(=O)NCc1ccc(F)cc1)CC2. The van der Waals surface area contributed by atoms with Crippen LogP contribution in [0, 0.1) is 5.82 Å². The summed E-state index contributed by atoms with van der Waals surface area (Å²) in [6, 6.07) is 12.4. The van der Waals surface area contributed by atoms with E-state index in [0.717, 1.165) is 24.1 Å². The van der Waals surface area contributed by atoms with E-state index in [2.05, 4.69) is 28.2 Å². The second-order valence-corrected chi connectivity index (χ2v) is 7.11. The van der Waals surface area contributed by atoms with Gasteiger partial charge in [0, 0.05) is 50.4 Å². The number of carbonyl (C=O) groups is 1. The topological polar surface area (TPSA) is 46.5 Å². The lowest BCUT2D eigenvalue weighted by molar-refractivity contribution is 0.188. The van der Waals surface area contributed by atoms with Crippen molar-refractivity contribution in [2.24, 2.45) is 0 Å². The minimum atomic E-state index is -0.275. The van der Waals surface area contributed by atoms with E-state index in [1.54, 1.807) is 19.2 Å². The maximum absolute atomic E-state index is 13.0. The summed E-state index contributed by atoms with van der Waals surface area (Å²) in [5.41, 5.74) is 4.51. The Kier molecular flexibility index (Phi) is 5.30. The molecule has 4 rings (SSSR count). The van der Waals surface area contributed by atoms with E-state index < -0.39 is 0 Å². The Morgan fingerprint density at radius 3 is 2.79 bits per heavy atom. The van der Waals surface area contributed by atoms with Gasteiger partial charge in [-0.3, -0.25) is 0 Å². The summed E-state index contributed by atoms with van der Waals surface area (Å²) in [6.07, 6.45) is 3.00. The summed E-state index contributed by atoms with van der Waals surface area (Å²) in [5.74, 6) is -0.275. The molecule has 0 unspecified atom stereocenters. The second kappa shape index (κ2) is 8.02. The van der Waals surface area contributed by atoms with Crippen LogP contribution < -0.4 is 5.32 Å². The summed E-state index contributed by atoms with van der Waals surface area (Å²) < 4.78 is 20.5. The molecule has 1 aliphatic rings. The Hall–Kier alpha value is -2.86. The van der Waals surface area contributed by atoms with E-state index >= 15 is 0 Å². The van der Waals surface area contributed by atoms with Crippen LogP contribution in [0.4, 0.5) is 9.18 Å². The average molecular weight is 381 g/mol. The number of halogens is 1. The summed E-state index contributed by atoms with van der Waals surface area (Å²) in [7, 11) is 1.71. The first-order valence-corrected chi connectivity index (χ1v) is 9.51. The van der Waals surface area contributed by atoms with Crippen LogP contribution in [-0.4, -0.2) is 35.8 Å². The van der Waals surface area contributed by atoms with Crippen molar-refractivity contribution >= 4 is 16.9 Å². The molecule has 0 fully saturated rings. The average Bonchev–Trinajstić information content (AvgIpc) is 2.95. The fourth-order valence-electron chi connectivity index (χ4n) is 3.82. The summed E-state index contributed by atoms with van der Waals surface area (Å²) >= 11 is 0. The van der Waals surface area contributed by atoms with Gasteiger partial charge in [-0.05, 0) is 41.3 Å². The van der Waals surface area contributed by atoms with Gasteiger partial charge in [0.2, 0.25) is 0 Å². The standard InChI is InChI=1S/C22H24FN3O2/c1-28-12-11-25-14-18-9-10-26(15-17-3-2-4-20(25)21(17)18)22(27)24-13-16-5-7-19(23)8-6-16/h2-8,14H,9-13,15H2,1H3,(H,24,27). The molecule has 5 nitrogen and oxygen atoms in total. The number of aromatic nitrogens is 1. The lowest BCUT2D eigenvalue weighted by atomic mass is 10.1. The zero-order valence-corrected chi connectivity index (χ0v) is 16.0. The molecule has 2 heterocycles. The Labute approximate surface area is 163 Å². The van der Waals surface area contributed by atoms with Gasteiger partial charge in [0.05, 0.1) is 6.61 Å². The van der Waals surface area contributed by atoms with Crippen molar-refractivity contribution in [2.45, 2.75) is 26.1 Å². The molecule has 146 valence electrons. The molecule has 28 heavy (non-hydrogen) atoms. The second-order valence-electron chi connectivity index (χ2n) is 7.11. The Balaban J connectivity index is 1.49. The highest BCUT2D eigenvalue weighted by molar-refractivity contribution is 5.88. The normalized spacial score (nSPS) is 13.6. The molecule has 2 amide bonds. The third-order valence-corrected chi connectivity index (χ3v) is 5.26. The molecule has 1 aliphatic heterocycles. The van der Waals surface area contributed by atoms with Crippen LogP contribution in [-0.2, 0) is 30.8 Å². The van der Waals surface area contributed by atoms with Crippen LogP contribution in [0.2, 0.25) is 0 Å². The number of nitrogens with one attached hydrogen (secondary N) is 1. The van der Waals surface area contributed by atoms with E-state index in [4.69, 9.17) is 4.74 Å². The number of urea groups is 1. The smallest absolute Gasteiger partial charge is 0.317 e. The largest absolute Gasteiger partial charge is 0.383 e. The number of hydrogen-bond acceptors (Lipinski definition) is 2. The predicted molar refractivity (Wildman–Crippen MR) is 107 cm³/mol. The summed E-state index contributed by atoms with van der Waals surface area (Å²) in [5, 5.41) is 4.21. The third-order valence-electron chi connectivity index (χ3n) is 5.26. The number of nitrogens with zero attached hydrogens (tertiary/aromatic N) is 2. The Morgan fingerprint density at radius 1 is 1.18 bits per heavy atom. The molecule has 0 saturated heterocycles. The molecule has 3 aromatic rings. The lowest BCUT2D eigenvalue weighted by Gasteiger charge is -2.22. The minimum absolute atomic E-state index is 0.0984. The first-order valence-electron chi connectivity index (χ1n) is 9.51. The van der Waals surface area contributed by atoms with Gasteiger partial charge in [-0.1, -0.05) is 24.3 Å². The zero-order valence-electron chi connectivity index (χ0n) is 16.0. The fraction of sp³-hybridized carbons (Fsp3) is 0.318. The van der Waals surface area contributed by atoms with E-state index in [1.165, 1.54) is 28.6 Å². The maximum Gasteiger partial charge on any atom is 0.317 e. The highest BCUT2D eigenvalue weighted by atomic mass is 19.1. The number of rotatable bonds is 5. The van der Waals surface area contributed by atoms with Gasteiger partial charge >= 0.3 is 6.03 Å². The molecule has 2 aromatic carbocycles. The van der Waals surface area contributed by atoms with Gasteiger partial charge < -0.3 is 19.5 Å². The first kappa shape index (κ1) is 18.5. The summed E-state index contributed by atoms with van der Waals surface area (Å²) in [6.45, 7) is 3.11. The van der Waals surface area contributed by atoms with Gasteiger partial charge in [-0.25, -0.2) is 9.18 Å². The molecule has 0 bridgehead atoms. The van der Waals surface area contributed by atoms with Crippen LogP contribution >= 0.6 is 0 Å². The van der Waals surface area contributed by atoms with Crippen LogP contribution in [0.1, 0.15) is 16.7 Å². The van der Waals surface area contributed by atoms with Gasteiger partial charge in [0.15, 0.2) is 0 Å². The van der Waals surface area contributed by atoms with E-state index in [9.17, 15) is 9.18 Å². The van der Waals surface area contributed by atoms with Crippen LogP contribution in [0.15, 0.2) is 48.7 Å². The van der Waals surface area contributed by atoms with Crippen molar-refractivity contribution in [3.8, 4) is 0 Å². The number of benzene rings is 2. The molecule has 0 saturated carbocycles. The van der Waals surface area contributed by atoms with Crippen LogP contribution in [0.5, 0.6) is 0 Å². The molecule has 1 aromatic heterocycles. The van der Waals surface area contributed by atoms with Gasteiger partial charge in [-0.2, -0.15) is 0 Å². The van der Waals surface area contributed by atoms with Crippen LogP contribution in [0.25, 0.3) is 10.9 Å². The van der Waals surface area contributed by atoms with Gasteiger partial charge in [-0.15, -0.1) is 0 Å². The van der Waals surface area contributed by atoms with E-state index in [0.29, 0.717) is 26.2 Å². The molecule has 0 atom stereocenters. The predicted octanol–water partition coefficient (Wildman–Crippen LogP) is 3.69. The van der Waals surface area contributed by atoms with E-state index in [1.807, 2.05) is 11.0 Å². The molecule has 1 N–H and O–H groups in total. The quantitative estimate of drug-likeness (QED) is 0.733. The van der Waals surface area contributed by atoms with Crippen molar-refractivity contribution in [2.75, 3.05) is 20.3 Å². The number of methoxy groups -OCH3 is 1. The number of ether oxygens (including phenoxy) is 1. The van der Waals surface area contributed by atoms with Crippen LogP contribution in [0.3, 0.4) is 0 Å². The lowest BCUT2D eigenvalue weighted by Crippen LogP contribution is -2.39. The number of carbonyl (C=O) groups excluding carboxylic acids is 1. The number of hydrogen-bond donors (Lipinski definition) is 1. The van der Waals surface area contributed by atoms with E-state index in [-0.39, 0.29) is 11.8 Å². The molecule has 6 heteroatoms. The van der Waals surface area contributed by atoms with Crippen molar-refractivity contribution in [3.63, 3.8) is 0 Å². The molecular weight excluding hydrogens is 357 g/mol.